The van der Waals surface area contributed by atoms with Crippen molar-refractivity contribution in [2.24, 2.45) is 11.8 Å². The van der Waals surface area contributed by atoms with Gasteiger partial charge in [-0.15, -0.1) is 0 Å². The predicted molar refractivity (Wildman–Crippen MR) is 34.3 cm³/mol. The van der Waals surface area contributed by atoms with Crippen molar-refractivity contribution in [1.82, 2.24) is 0 Å². The largest absolute Gasteiger partial charge is 0.291 e. The van der Waals surface area contributed by atoms with Crippen molar-refractivity contribution >= 4 is 6.29 Å². The van der Waals surface area contributed by atoms with Crippen molar-refractivity contribution in [3.8, 4) is 6.07 Å². The molecule has 2 heteroatoms. The van der Waals surface area contributed by atoms with E-state index in [-0.39, 0.29) is 11.8 Å². The molecule has 0 aromatic rings. The molecule has 0 fully saturated rings. The van der Waals surface area contributed by atoms with Crippen LogP contribution in [0.5, 0.6) is 0 Å². The van der Waals surface area contributed by atoms with Crippen LogP contribution in [-0.2, 0) is 4.79 Å². The lowest BCUT2D eigenvalue weighted by atomic mass is 9.95. The Kier molecular flexibility index (Phi) is 3.70. The molecule has 0 spiro atoms. The highest BCUT2D eigenvalue weighted by Crippen LogP contribution is 2.10. The van der Waals surface area contributed by atoms with Crippen molar-refractivity contribution < 1.29 is 4.79 Å². The molecule has 0 aromatic carbocycles. The Morgan fingerprint density at radius 3 is 2.33 bits per heavy atom. The van der Waals surface area contributed by atoms with Crippen molar-refractivity contribution in [3.05, 3.63) is 0 Å². The third-order valence-electron chi connectivity index (χ3n) is 1.40. The lowest BCUT2D eigenvalue weighted by Gasteiger charge is -2.05. The Morgan fingerprint density at radius 2 is 2.22 bits per heavy atom. The summed E-state index contributed by atoms with van der Waals surface area (Å²) in [5, 5.41) is 8.40. The molecule has 0 saturated carbocycles. The van der Waals surface area contributed by atoms with Crippen LogP contribution in [-0.4, -0.2) is 6.29 Å². The summed E-state index contributed by atoms with van der Waals surface area (Å²) in [5.74, 6) is -0.387. The van der Waals surface area contributed by atoms with Gasteiger partial charge in [0.05, 0.1) is 12.0 Å². The van der Waals surface area contributed by atoms with E-state index < -0.39 is 0 Å². The standard InChI is InChI=1S/C7H10NO/c1-3-7(4-8)6(2)5-9/h6-7H,3H2,1-2H3. The smallest absolute Gasteiger partial charge is 0.202 e. The summed E-state index contributed by atoms with van der Waals surface area (Å²) in [4.78, 5) is 9.99. The summed E-state index contributed by atoms with van der Waals surface area (Å²) in [7, 11) is 0. The van der Waals surface area contributed by atoms with E-state index in [4.69, 9.17) is 5.26 Å². The van der Waals surface area contributed by atoms with Crippen molar-refractivity contribution in [1.29, 1.82) is 5.26 Å². The highest BCUT2D eigenvalue weighted by Gasteiger charge is 2.13. The summed E-state index contributed by atoms with van der Waals surface area (Å²) in [6, 6.07) is 2.04. The minimum Gasteiger partial charge on any atom is -0.291 e. The van der Waals surface area contributed by atoms with Crippen molar-refractivity contribution in [2.45, 2.75) is 20.3 Å². The SMILES string of the molecule is CCC(C#N)C(C)[C]=O. The maximum atomic E-state index is 9.99. The molecule has 1 radical (unpaired) electrons. The second-order valence-corrected chi connectivity index (χ2v) is 2.05. The summed E-state index contributed by atoms with van der Waals surface area (Å²) in [6.45, 7) is 3.60. The molecule has 0 bridgehead atoms. The number of carbonyl (C=O) groups excluding carboxylic acids is 1. The summed E-state index contributed by atoms with van der Waals surface area (Å²) < 4.78 is 0. The molecule has 0 aliphatic rings. The summed E-state index contributed by atoms with van der Waals surface area (Å²) in [5.41, 5.74) is 0. The molecule has 0 amide bonds. The first-order chi connectivity index (χ1) is 4.26. The molecular weight excluding hydrogens is 114 g/mol. The van der Waals surface area contributed by atoms with Gasteiger partial charge < -0.3 is 0 Å². The second-order valence-electron chi connectivity index (χ2n) is 2.05. The average Bonchev–Trinajstić information content (AvgIpc) is 1.90. The number of nitrogens with zero attached hydrogens (tertiary/aromatic N) is 1. The zero-order valence-corrected chi connectivity index (χ0v) is 5.72. The van der Waals surface area contributed by atoms with E-state index in [2.05, 4.69) is 0 Å². The minimum atomic E-state index is -0.236. The van der Waals surface area contributed by atoms with E-state index in [9.17, 15) is 4.79 Å². The maximum Gasteiger partial charge on any atom is 0.202 e. The first-order valence-electron chi connectivity index (χ1n) is 3.03. The van der Waals surface area contributed by atoms with Crippen LogP contribution in [0.1, 0.15) is 20.3 Å². The van der Waals surface area contributed by atoms with Crippen LogP contribution in [0.3, 0.4) is 0 Å². The number of hydrogen-bond acceptors (Lipinski definition) is 2. The molecule has 0 aromatic heterocycles. The van der Waals surface area contributed by atoms with Crippen LogP contribution in [0, 0.1) is 23.2 Å². The van der Waals surface area contributed by atoms with Crippen LogP contribution < -0.4 is 0 Å². The predicted octanol–water partition coefficient (Wildman–Crippen LogP) is 1.28. The molecule has 2 unspecified atom stereocenters. The van der Waals surface area contributed by atoms with Crippen LogP contribution >= 0.6 is 0 Å². The number of hydrogen-bond donors (Lipinski definition) is 0. The fourth-order valence-corrected chi connectivity index (χ4v) is 0.639. The van der Waals surface area contributed by atoms with Crippen LogP contribution in [0.2, 0.25) is 0 Å². The highest BCUT2D eigenvalue weighted by atomic mass is 16.1. The van der Waals surface area contributed by atoms with E-state index in [0.29, 0.717) is 0 Å². The van der Waals surface area contributed by atoms with Crippen molar-refractivity contribution in [2.75, 3.05) is 0 Å². The van der Waals surface area contributed by atoms with E-state index in [0.717, 1.165) is 6.42 Å². The first-order valence-corrected chi connectivity index (χ1v) is 3.03. The topological polar surface area (TPSA) is 40.9 Å². The molecule has 0 saturated heterocycles. The molecule has 0 N–H and O–H groups in total. The van der Waals surface area contributed by atoms with Crippen LogP contribution in [0.4, 0.5) is 0 Å². The van der Waals surface area contributed by atoms with Gasteiger partial charge in [0.2, 0.25) is 6.29 Å². The Balaban J connectivity index is 3.82. The monoisotopic (exact) mass is 124 g/mol. The molecule has 49 valence electrons. The Bertz CT molecular complexity index is 125. The number of rotatable bonds is 3. The lowest BCUT2D eigenvalue weighted by Crippen LogP contribution is -2.08. The second kappa shape index (κ2) is 4.08. The molecule has 0 aliphatic heterocycles. The molecule has 0 rings (SSSR count). The Hall–Kier alpha value is -0.840. The fraction of sp³-hybridized carbons (Fsp3) is 0.714. The molecule has 2 nitrogen and oxygen atoms in total. The van der Waals surface area contributed by atoms with Gasteiger partial charge in [0.1, 0.15) is 0 Å². The summed E-state index contributed by atoms with van der Waals surface area (Å²) in [6.07, 6.45) is 2.52. The van der Waals surface area contributed by atoms with Gasteiger partial charge in [-0.3, -0.25) is 4.79 Å². The van der Waals surface area contributed by atoms with Crippen LogP contribution in [0.25, 0.3) is 0 Å². The fourth-order valence-electron chi connectivity index (χ4n) is 0.639. The third-order valence-corrected chi connectivity index (χ3v) is 1.40. The Labute approximate surface area is 55.5 Å². The third kappa shape index (κ3) is 2.27. The van der Waals surface area contributed by atoms with Crippen molar-refractivity contribution in [3.63, 3.8) is 0 Å². The zero-order chi connectivity index (χ0) is 7.28. The molecule has 2 atom stereocenters. The highest BCUT2D eigenvalue weighted by molar-refractivity contribution is 5.55. The van der Waals surface area contributed by atoms with Gasteiger partial charge in [-0.1, -0.05) is 13.8 Å². The quantitative estimate of drug-likeness (QED) is 0.568. The zero-order valence-electron chi connectivity index (χ0n) is 5.72. The van der Waals surface area contributed by atoms with Gasteiger partial charge in [0.15, 0.2) is 0 Å². The van der Waals surface area contributed by atoms with Gasteiger partial charge >= 0.3 is 0 Å². The lowest BCUT2D eigenvalue weighted by molar-refractivity contribution is 0.474. The average molecular weight is 124 g/mol. The number of nitriles is 1. The van der Waals surface area contributed by atoms with E-state index in [1.54, 1.807) is 13.2 Å². The van der Waals surface area contributed by atoms with Crippen LogP contribution in [0.15, 0.2) is 0 Å². The first kappa shape index (κ1) is 8.16. The molecule has 9 heavy (non-hydrogen) atoms. The van der Waals surface area contributed by atoms with Gasteiger partial charge in [-0.2, -0.15) is 5.26 Å². The van der Waals surface area contributed by atoms with E-state index in [1.165, 1.54) is 0 Å². The van der Waals surface area contributed by atoms with E-state index in [1.807, 2.05) is 13.0 Å². The van der Waals surface area contributed by atoms with Gasteiger partial charge in [-0.05, 0) is 6.42 Å². The van der Waals surface area contributed by atoms with E-state index >= 15 is 0 Å². The normalized spacial score (nSPS) is 15.7. The Morgan fingerprint density at radius 1 is 1.67 bits per heavy atom. The van der Waals surface area contributed by atoms with Gasteiger partial charge in [0.25, 0.3) is 0 Å². The van der Waals surface area contributed by atoms with Gasteiger partial charge in [0, 0.05) is 5.92 Å². The molecular formula is C7H10NO. The molecule has 0 aliphatic carbocycles. The van der Waals surface area contributed by atoms with Gasteiger partial charge in [-0.25, -0.2) is 0 Å². The molecule has 0 heterocycles. The summed E-state index contributed by atoms with van der Waals surface area (Å²) >= 11 is 0. The maximum absolute atomic E-state index is 9.99. The minimum absolute atomic E-state index is 0.150.